The lowest BCUT2D eigenvalue weighted by atomic mass is 9.95. The summed E-state index contributed by atoms with van der Waals surface area (Å²) < 4.78 is 2.42. The Morgan fingerprint density at radius 2 is 2.14 bits per heavy atom. The summed E-state index contributed by atoms with van der Waals surface area (Å²) >= 11 is 0. The first-order valence-electron chi connectivity index (χ1n) is 7.96. The fraction of sp³-hybridized carbons (Fsp3) is 0.588. The second kappa shape index (κ2) is 5.96. The molecule has 0 aliphatic carbocycles. The SMILES string of the molecule is CC(C)[C@@H]1CC[C@@H](C)Cc2nnc(Cc3cccnc3)n21. The highest BCUT2D eigenvalue weighted by Crippen LogP contribution is 2.32. The standard InChI is InChI=1S/C17H24N4/c1-12(2)15-7-6-13(3)9-16-19-20-17(21(15)16)10-14-5-4-8-18-11-14/h4-5,8,11-13,15H,6-7,9-10H2,1-3H3/t13-,15+/m1/s1. The van der Waals surface area contributed by atoms with Crippen molar-refractivity contribution in [1.29, 1.82) is 0 Å². The molecule has 4 heteroatoms. The van der Waals surface area contributed by atoms with Gasteiger partial charge in [-0.3, -0.25) is 4.98 Å². The van der Waals surface area contributed by atoms with Crippen LogP contribution in [0.15, 0.2) is 24.5 Å². The molecule has 0 saturated carbocycles. The van der Waals surface area contributed by atoms with Gasteiger partial charge in [0.15, 0.2) is 0 Å². The number of rotatable bonds is 3. The molecular formula is C17H24N4. The molecule has 3 heterocycles. The van der Waals surface area contributed by atoms with Gasteiger partial charge in [0.2, 0.25) is 0 Å². The average molecular weight is 284 g/mol. The highest BCUT2D eigenvalue weighted by atomic mass is 15.3. The van der Waals surface area contributed by atoms with Crippen LogP contribution in [-0.4, -0.2) is 19.7 Å². The van der Waals surface area contributed by atoms with Crippen LogP contribution in [0.25, 0.3) is 0 Å². The van der Waals surface area contributed by atoms with Crippen molar-refractivity contribution in [2.75, 3.05) is 0 Å². The summed E-state index contributed by atoms with van der Waals surface area (Å²) in [5, 5.41) is 8.98. The van der Waals surface area contributed by atoms with E-state index in [-0.39, 0.29) is 0 Å². The Morgan fingerprint density at radius 1 is 1.29 bits per heavy atom. The van der Waals surface area contributed by atoms with Crippen LogP contribution in [0.2, 0.25) is 0 Å². The lowest BCUT2D eigenvalue weighted by Gasteiger charge is -2.23. The molecule has 0 bridgehead atoms. The van der Waals surface area contributed by atoms with Gasteiger partial charge >= 0.3 is 0 Å². The molecule has 4 nitrogen and oxygen atoms in total. The summed E-state index contributed by atoms with van der Waals surface area (Å²) in [6.07, 6.45) is 8.10. The zero-order chi connectivity index (χ0) is 14.8. The van der Waals surface area contributed by atoms with Gasteiger partial charge in [0.05, 0.1) is 0 Å². The maximum absolute atomic E-state index is 4.49. The molecule has 2 aromatic rings. The number of pyridine rings is 1. The van der Waals surface area contributed by atoms with Gasteiger partial charge in [-0.2, -0.15) is 0 Å². The van der Waals surface area contributed by atoms with Gasteiger partial charge < -0.3 is 4.57 Å². The summed E-state index contributed by atoms with van der Waals surface area (Å²) in [5.41, 5.74) is 1.20. The van der Waals surface area contributed by atoms with E-state index in [1.54, 1.807) is 0 Å². The molecule has 0 amide bonds. The smallest absolute Gasteiger partial charge is 0.137 e. The zero-order valence-electron chi connectivity index (χ0n) is 13.2. The molecule has 21 heavy (non-hydrogen) atoms. The minimum absolute atomic E-state index is 0.520. The molecule has 3 rings (SSSR count). The van der Waals surface area contributed by atoms with E-state index in [4.69, 9.17) is 0 Å². The van der Waals surface area contributed by atoms with Crippen molar-refractivity contribution in [3.05, 3.63) is 41.7 Å². The molecule has 0 saturated heterocycles. The van der Waals surface area contributed by atoms with Crippen LogP contribution in [0.3, 0.4) is 0 Å². The van der Waals surface area contributed by atoms with E-state index in [2.05, 4.69) is 46.6 Å². The summed E-state index contributed by atoms with van der Waals surface area (Å²) in [6, 6.07) is 4.61. The van der Waals surface area contributed by atoms with Crippen LogP contribution < -0.4 is 0 Å². The number of aromatic nitrogens is 4. The molecule has 1 aliphatic rings. The molecule has 0 aromatic carbocycles. The largest absolute Gasteiger partial charge is 0.311 e. The first-order valence-corrected chi connectivity index (χ1v) is 7.96. The summed E-state index contributed by atoms with van der Waals surface area (Å²) in [7, 11) is 0. The first kappa shape index (κ1) is 14.2. The summed E-state index contributed by atoms with van der Waals surface area (Å²) in [6.45, 7) is 6.93. The Hall–Kier alpha value is -1.71. The van der Waals surface area contributed by atoms with Gasteiger partial charge in [-0.25, -0.2) is 0 Å². The van der Waals surface area contributed by atoms with Crippen LogP contribution in [0.1, 0.15) is 56.9 Å². The van der Waals surface area contributed by atoms with Crippen molar-refractivity contribution in [3.8, 4) is 0 Å². The molecule has 0 radical (unpaired) electrons. The van der Waals surface area contributed by atoms with Crippen LogP contribution >= 0.6 is 0 Å². The summed E-state index contributed by atoms with van der Waals surface area (Å²) in [4.78, 5) is 4.20. The minimum atomic E-state index is 0.520. The van der Waals surface area contributed by atoms with E-state index in [0.717, 1.165) is 24.5 Å². The molecule has 1 aliphatic heterocycles. The van der Waals surface area contributed by atoms with E-state index in [9.17, 15) is 0 Å². The second-order valence-corrected chi connectivity index (χ2v) is 6.64. The van der Waals surface area contributed by atoms with E-state index < -0.39 is 0 Å². The fourth-order valence-electron chi connectivity index (χ4n) is 3.32. The van der Waals surface area contributed by atoms with Gasteiger partial charge in [0, 0.05) is 31.3 Å². The Labute approximate surface area is 126 Å². The Balaban J connectivity index is 1.96. The number of nitrogens with zero attached hydrogens (tertiary/aromatic N) is 4. The van der Waals surface area contributed by atoms with E-state index in [1.165, 1.54) is 18.4 Å². The third-order valence-electron chi connectivity index (χ3n) is 4.51. The van der Waals surface area contributed by atoms with Crippen molar-refractivity contribution in [2.24, 2.45) is 11.8 Å². The maximum Gasteiger partial charge on any atom is 0.137 e. The van der Waals surface area contributed by atoms with Crippen molar-refractivity contribution < 1.29 is 0 Å². The molecule has 2 atom stereocenters. The van der Waals surface area contributed by atoms with Crippen LogP contribution in [-0.2, 0) is 12.8 Å². The highest BCUT2D eigenvalue weighted by molar-refractivity contribution is 5.16. The quantitative estimate of drug-likeness (QED) is 0.867. The predicted octanol–water partition coefficient (Wildman–Crippen LogP) is 3.43. The van der Waals surface area contributed by atoms with Crippen molar-refractivity contribution in [1.82, 2.24) is 19.7 Å². The molecule has 112 valence electrons. The van der Waals surface area contributed by atoms with E-state index in [1.807, 2.05) is 18.5 Å². The normalized spacial score (nSPS) is 22.1. The molecule has 2 aromatic heterocycles. The van der Waals surface area contributed by atoms with E-state index in [0.29, 0.717) is 17.9 Å². The third-order valence-corrected chi connectivity index (χ3v) is 4.51. The summed E-state index contributed by atoms with van der Waals surface area (Å²) in [5.74, 6) is 3.56. The number of fused-ring (bicyclic) bond motifs is 1. The molecule has 0 spiro atoms. The van der Waals surface area contributed by atoms with Gasteiger partial charge in [-0.05, 0) is 36.3 Å². The van der Waals surface area contributed by atoms with Gasteiger partial charge in [0.25, 0.3) is 0 Å². The monoisotopic (exact) mass is 284 g/mol. The number of hydrogen-bond acceptors (Lipinski definition) is 3. The van der Waals surface area contributed by atoms with Gasteiger partial charge in [-0.1, -0.05) is 26.8 Å². The average Bonchev–Trinajstić information content (AvgIpc) is 2.74. The van der Waals surface area contributed by atoms with Crippen molar-refractivity contribution >= 4 is 0 Å². The third kappa shape index (κ3) is 2.99. The van der Waals surface area contributed by atoms with Gasteiger partial charge in [-0.15, -0.1) is 10.2 Å². The van der Waals surface area contributed by atoms with Crippen LogP contribution in [0, 0.1) is 11.8 Å². The van der Waals surface area contributed by atoms with Crippen LogP contribution in [0.4, 0.5) is 0 Å². The molecule has 0 N–H and O–H groups in total. The molecule has 0 unspecified atom stereocenters. The van der Waals surface area contributed by atoms with Gasteiger partial charge in [0.1, 0.15) is 11.6 Å². The predicted molar refractivity (Wildman–Crippen MR) is 83.0 cm³/mol. The maximum atomic E-state index is 4.49. The van der Waals surface area contributed by atoms with Crippen molar-refractivity contribution in [3.63, 3.8) is 0 Å². The lowest BCUT2D eigenvalue weighted by molar-refractivity contribution is 0.336. The zero-order valence-corrected chi connectivity index (χ0v) is 13.2. The molecular weight excluding hydrogens is 260 g/mol. The first-order chi connectivity index (χ1) is 10.1. The second-order valence-electron chi connectivity index (χ2n) is 6.64. The Kier molecular flexibility index (Phi) is 4.04. The van der Waals surface area contributed by atoms with Crippen molar-refractivity contribution in [2.45, 2.75) is 52.5 Å². The van der Waals surface area contributed by atoms with Crippen LogP contribution in [0.5, 0.6) is 0 Å². The fourth-order valence-corrected chi connectivity index (χ4v) is 3.32. The molecule has 0 fully saturated rings. The Bertz CT molecular complexity index is 588. The van der Waals surface area contributed by atoms with E-state index >= 15 is 0 Å². The topological polar surface area (TPSA) is 43.6 Å². The minimum Gasteiger partial charge on any atom is -0.311 e. The Morgan fingerprint density at radius 3 is 2.86 bits per heavy atom. The lowest BCUT2D eigenvalue weighted by Crippen LogP contribution is -2.18. The number of hydrogen-bond donors (Lipinski definition) is 0. The highest BCUT2D eigenvalue weighted by Gasteiger charge is 2.27.